The zero-order valence-corrected chi connectivity index (χ0v) is 32.5. The van der Waals surface area contributed by atoms with Gasteiger partial charge in [-0.15, -0.1) is 11.3 Å². The molecule has 0 N–H and O–H groups in total. The third-order valence-electron chi connectivity index (χ3n) is 11.2. The molecule has 0 fully saturated rings. The Balaban J connectivity index is 1.10. The van der Waals surface area contributed by atoms with Crippen LogP contribution in [0.5, 0.6) is 0 Å². The highest BCUT2D eigenvalue weighted by Gasteiger charge is 2.19. The number of hydrogen-bond acceptors (Lipinski definition) is 4. The first kappa shape index (κ1) is 33.4. The van der Waals surface area contributed by atoms with Crippen molar-refractivity contribution in [3.63, 3.8) is 0 Å². The van der Waals surface area contributed by atoms with E-state index in [-0.39, 0.29) is 0 Å². The van der Waals surface area contributed by atoms with Gasteiger partial charge in [-0.3, -0.25) is 9.13 Å². The number of aryl methyl sites for hydroxylation is 2. The second-order valence-electron chi connectivity index (χ2n) is 14.6. The van der Waals surface area contributed by atoms with E-state index in [0.717, 1.165) is 97.0 Å². The van der Waals surface area contributed by atoms with Crippen molar-refractivity contribution < 1.29 is 0 Å². The van der Waals surface area contributed by atoms with Crippen LogP contribution >= 0.6 is 11.3 Å². The topological polar surface area (TPSA) is 48.5 Å². The average Bonchev–Trinajstić information content (AvgIpc) is 3.98. The molecule has 0 spiro atoms. The van der Waals surface area contributed by atoms with Crippen molar-refractivity contribution in [2.24, 2.45) is 0 Å². The molecule has 6 heteroatoms. The van der Waals surface area contributed by atoms with Crippen LogP contribution in [0.3, 0.4) is 0 Å². The third kappa shape index (κ3) is 5.47. The van der Waals surface area contributed by atoms with E-state index >= 15 is 0 Å². The first-order valence-electron chi connectivity index (χ1n) is 19.6. The summed E-state index contributed by atoms with van der Waals surface area (Å²) < 4.78 is 7.05. The van der Waals surface area contributed by atoms with Crippen molar-refractivity contribution in [2.45, 2.75) is 26.7 Å². The molecule has 5 nitrogen and oxygen atoms in total. The Labute approximate surface area is 334 Å². The van der Waals surface area contributed by atoms with Gasteiger partial charge in [0.05, 0.1) is 38.0 Å². The van der Waals surface area contributed by atoms with Crippen molar-refractivity contribution in [2.75, 3.05) is 0 Å². The molecular weight excluding hydrogens is 715 g/mol. The monoisotopic (exact) mass is 751 g/mol. The van der Waals surface area contributed by atoms with Gasteiger partial charge in [-0.25, -0.2) is 15.0 Å². The lowest BCUT2D eigenvalue weighted by molar-refractivity contribution is 0.908. The van der Waals surface area contributed by atoms with Gasteiger partial charge in [-0.2, -0.15) is 0 Å². The first-order chi connectivity index (χ1) is 28.1. The van der Waals surface area contributed by atoms with Crippen molar-refractivity contribution in [1.29, 1.82) is 0 Å². The largest absolute Gasteiger partial charge is 0.296 e. The maximum atomic E-state index is 5.42. The molecule has 11 aromatic rings. The van der Waals surface area contributed by atoms with Crippen LogP contribution in [0.25, 0.3) is 98.0 Å². The second kappa shape index (κ2) is 13.4. The fourth-order valence-electron chi connectivity index (χ4n) is 8.53. The molecule has 0 aliphatic heterocycles. The number of fused-ring (bicyclic) bond motifs is 7. The van der Waals surface area contributed by atoms with Gasteiger partial charge in [-0.05, 0) is 101 Å². The molecule has 0 aliphatic rings. The van der Waals surface area contributed by atoms with E-state index in [1.807, 2.05) is 11.3 Å². The van der Waals surface area contributed by atoms with Crippen molar-refractivity contribution >= 4 is 64.5 Å². The van der Waals surface area contributed by atoms with Gasteiger partial charge in [0, 0.05) is 50.6 Å². The Hall–Kier alpha value is -6.89. The Morgan fingerprint density at radius 1 is 0.439 bits per heavy atom. The minimum atomic E-state index is 0.850. The molecule has 0 amide bonds. The lowest BCUT2D eigenvalue weighted by Gasteiger charge is -2.14. The minimum absolute atomic E-state index is 0.850. The van der Waals surface area contributed by atoms with E-state index in [9.17, 15) is 0 Å². The summed E-state index contributed by atoms with van der Waals surface area (Å²) in [6.45, 7) is 4.33. The van der Waals surface area contributed by atoms with Crippen LogP contribution in [-0.2, 0) is 12.8 Å². The van der Waals surface area contributed by atoms with Gasteiger partial charge < -0.3 is 0 Å². The predicted molar refractivity (Wildman–Crippen MR) is 239 cm³/mol. The Morgan fingerprint density at radius 3 is 1.47 bits per heavy atom. The highest BCUT2D eigenvalue weighted by Crippen LogP contribution is 2.44. The molecule has 57 heavy (non-hydrogen) atoms. The zero-order valence-electron chi connectivity index (χ0n) is 31.6. The van der Waals surface area contributed by atoms with Crippen LogP contribution in [-0.4, -0.2) is 24.1 Å². The zero-order chi connectivity index (χ0) is 38.0. The third-order valence-corrected chi connectivity index (χ3v) is 12.4. The molecule has 7 aromatic carbocycles. The van der Waals surface area contributed by atoms with E-state index in [4.69, 9.17) is 15.0 Å². The van der Waals surface area contributed by atoms with Crippen LogP contribution in [0.2, 0.25) is 0 Å². The molecule has 0 saturated heterocycles. The standard InChI is InChI=1S/C51H37N5S/c1-3-47-52-42-16-8-10-18-44(42)55(47)37-25-21-32(22-26-37)34-29-35(33-23-27-38(28-24-33)56-45-19-11-9-17-43(45)53-48(56)4-2)31-36(30-34)50-51-49(39-13-5-7-15-41(39)54-50)40-14-6-12-20-46(40)57-51/h5-31H,3-4H2,1-2H3. The molecule has 272 valence electrons. The SMILES string of the molecule is CCc1nc2ccccc2n1-c1ccc(-c2cc(-c3ccc(-n4c(CC)nc5ccccc54)cc3)cc(-c3nc4ccccc4c4c3sc3ccccc34)c2)cc1. The number of para-hydroxylation sites is 5. The number of thiophene rings is 1. The number of nitrogens with zero attached hydrogens (tertiary/aromatic N) is 5. The molecule has 0 unspecified atom stereocenters. The molecule has 0 aliphatic carbocycles. The summed E-state index contributed by atoms with van der Waals surface area (Å²) >= 11 is 1.83. The van der Waals surface area contributed by atoms with E-state index in [1.165, 1.54) is 25.6 Å². The normalized spacial score (nSPS) is 11.8. The highest BCUT2D eigenvalue weighted by atomic mass is 32.1. The lowest BCUT2D eigenvalue weighted by Crippen LogP contribution is -2.00. The summed E-state index contributed by atoms with van der Waals surface area (Å²) in [5.74, 6) is 2.11. The van der Waals surface area contributed by atoms with Crippen molar-refractivity contribution in [1.82, 2.24) is 24.1 Å². The van der Waals surface area contributed by atoms with Crippen LogP contribution in [0.15, 0.2) is 164 Å². The maximum Gasteiger partial charge on any atom is 0.114 e. The molecule has 11 rings (SSSR count). The maximum absolute atomic E-state index is 5.42. The van der Waals surface area contributed by atoms with E-state index in [0.29, 0.717) is 0 Å². The molecule has 4 aromatic heterocycles. The first-order valence-corrected chi connectivity index (χ1v) is 20.5. The Bertz CT molecular complexity index is 3170. The van der Waals surface area contributed by atoms with Gasteiger partial charge >= 0.3 is 0 Å². The molecule has 0 atom stereocenters. The summed E-state index contributed by atoms with van der Waals surface area (Å²) in [6.07, 6.45) is 1.70. The molecular formula is C51H37N5S. The smallest absolute Gasteiger partial charge is 0.114 e. The molecule has 0 radical (unpaired) electrons. The van der Waals surface area contributed by atoms with Crippen LogP contribution in [0.4, 0.5) is 0 Å². The number of hydrogen-bond donors (Lipinski definition) is 0. The fraction of sp³-hybridized carbons (Fsp3) is 0.0784. The van der Waals surface area contributed by atoms with Crippen LogP contribution < -0.4 is 0 Å². The summed E-state index contributed by atoms with van der Waals surface area (Å²) in [5.41, 5.74) is 14.2. The number of aromatic nitrogens is 5. The van der Waals surface area contributed by atoms with E-state index in [2.05, 4.69) is 187 Å². The van der Waals surface area contributed by atoms with Gasteiger partial charge in [0.15, 0.2) is 0 Å². The number of imidazole rings is 2. The summed E-state index contributed by atoms with van der Waals surface area (Å²) in [6, 6.07) is 58.9. The van der Waals surface area contributed by atoms with Crippen LogP contribution in [0, 0.1) is 0 Å². The molecule has 0 bridgehead atoms. The van der Waals surface area contributed by atoms with E-state index < -0.39 is 0 Å². The Morgan fingerprint density at radius 2 is 0.912 bits per heavy atom. The lowest BCUT2D eigenvalue weighted by atomic mass is 9.94. The summed E-state index contributed by atoms with van der Waals surface area (Å²) in [4.78, 5) is 15.3. The number of rotatable bonds is 7. The van der Waals surface area contributed by atoms with Gasteiger partial charge in [0.2, 0.25) is 0 Å². The van der Waals surface area contributed by atoms with E-state index in [1.54, 1.807) is 0 Å². The second-order valence-corrected chi connectivity index (χ2v) is 15.6. The molecule has 0 saturated carbocycles. The predicted octanol–water partition coefficient (Wildman–Crippen LogP) is 13.4. The van der Waals surface area contributed by atoms with Gasteiger partial charge in [0.25, 0.3) is 0 Å². The fourth-order valence-corrected chi connectivity index (χ4v) is 9.76. The summed E-state index contributed by atoms with van der Waals surface area (Å²) in [7, 11) is 0. The molecule has 4 heterocycles. The summed E-state index contributed by atoms with van der Waals surface area (Å²) in [5, 5.41) is 3.74. The Kier molecular flexibility index (Phi) is 7.86. The van der Waals surface area contributed by atoms with Gasteiger partial charge in [0.1, 0.15) is 11.6 Å². The number of benzene rings is 7. The highest BCUT2D eigenvalue weighted by molar-refractivity contribution is 7.26. The van der Waals surface area contributed by atoms with Gasteiger partial charge in [-0.1, -0.05) is 98.8 Å². The minimum Gasteiger partial charge on any atom is -0.296 e. The van der Waals surface area contributed by atoms with Crippen molar-refractivity contribution in [3.8, 4) is 44.9 Å². The quantitative estimate of drug-likeness (QED) is 0.163. The van der Waals surface area contributed by atoms with Crippen molar-refractivity contribution in [3.05, 3.63) is 175 Å². The van der Waals surface area contributed by atoms with Crippen LogP contribution in [0.1, 0.15) is 25.5 Å². The average molecular weight is 752 g/mol. The number of pyridine rings is 1.